The van der Waals surface area contributed by atoms with Crippen molar-refractivity contribution in [3.05, 3.63) is 29.8 Å². The molecule has 0 atom stereocenters. The molecule has 5 heteroatoms. The molecule has 1 N–H and O–H groups in total. The molecule has 0 unspecified atom stereocenters. The third kappa shape index (κ3) is 4.26. The zero-order chi connectivity index (χ0) is 12.3. The molecule has 0 spiro atoms. The summed E-state index contributed by atoms with van der Waals surface area (Å²) in [5, 5.41) is 3.14. The van der Waals surface area contributed by atoms with Crippen molar-refractivity contribution in [1.29, 1.82) is 0 Å². The van der Waals surface area contributed by atoms with Gasteiger partial charge in [0.25, 0.3) is 0 Å². The van der Waals surface area contributed by atoms with Crippen LogP contribution in [0.3, 0.4) is 0 Å². The molecule has 0 bridgehead atoms. The van der Waals surface area contributed by atoms with Gasteiger partial charge in [-0.1, -0.05) is 18.2 Å². The summed E-state index contributed by atoms with van der Waals surface area (Å²) in [4.78, 5) is 0. The number of hydrogen-bond donors (Lipinski definition) is 1. The third-order valence-corrected chi connectivity index (χ3v) is 2.64. The second-order valence-electron chi connectivity index (χ2n) is 4.23. The number of rotatable bonds is 5. The van der Waals surface area contributed by atoms with Gasteiger partial charge >= 0.3 is 6.36 Å². The Morgan fingerprint density at radius 2 is 1.94 bits per heavy atom. The number of para-hydroxylation sites is 1. The first-order valence-corrected chi connectivity index (χ1v) is 5.59. The van der Waals surface area contributed by atoms with Crippen molar-refractivity contribution in [3.63, 3.8) is 0 Å². The number of benzene rings is 1. The van der Waals surface area contributed by atoms with Crippen molar-refractivity contribution in [2.24, 2.45) is 5.92 Å². The molecule has 1 fully saturated rings. The van der Waals surface area contributed by atoms with Crippen LogP contribution >= 0.6 is 0 Å². The van der Waals surface area contributed by atoms with E-state index in [4.69, 9.17) is 0 Å². The van der Waals surface area contributed by atoms with Gasteiger partial charge < -0.3 is 10.1 Å². The van der Waals surface area contributed by atoms with Crippen LogP contribution in [-0.4, -0.2) is 12.9 Å². The van der Waals surface area contributed by atoms with Crippen LogP contribution < -0.4 is 10.1 Å². The Hall–Kier alpha value is -1.23. The van der Waals surface area contributed by atoms with Crippen LogP contribution in [0.1, 0.15) is 18.4 Å². The quantitative estimate of drug-likeness (QED) is 0.860. The van der Waals surface area contributed by atoms with E-state index in [0.717, 1.165) is 6.54 Å². The molecular weight excluding hydrogens is 231 g/mol. The van der Waals surface area contributed by atoms with Gasteiger partial charge in [0.05, 0.1) is 0 Å². The first-order valence-electron chi connectivity index (χ1n) is 5.59. The predicted octanol–water partition coefficient (Wildman–Crippen LogP) is 3.08. The molecule has 0 radical (unpaired) electrons. The lowest BCUT2D eigenvalue weighted by Crippen LogP contribution is -2.20. The van der Waals surface area contributed by atoms with Crippen molar-refractivity contribution >= 4 is 0 Å². The Morgan fingerprint density at radius 1 is 1.24 bits per heavy atom. The highest BCUT2D eigenvalue weighted by molar-refractivity contribution is 5.33. The first-order chi connectivity index (χ1) is 8.04. The number of alkyl halides is 3. The summed E-state index contributed by atoms with van der Waals surface area (Å²) in [6.45, 7) is 1.27. The molecule has 0 aliphatic heterocycles. The maximum atomic E-state index is 12.1. The normalized spacial score (nSPS) is 15.9. The van der Waals surface area contributed by atoms with Crippen LogP contribution in [0.25, 0.3) is 0 Å². The van der Waals surface area contributed by atoms with Gasteiger partial charge in [-0.3, -0.25) is 0 Å². The number of nitrogens with one attached hydrogen (secondary N) is 1. The van der Waals surface area contributed by atoms with Crippen LogP contribution in [0.4, 0.5) is 13.2 Å². The molecular formula is C12H14F3NO. The fraction of sp³-hybridized carbons (Fsp3) is 0.500. The van der Waals surface area contributed by atoms with Gasteiger partial charge in [0, 0.05) is 12.1 Å². The highest BCUT2D eigenvalue weighted by atomic mass is 19.4. The second-order valence-corrected chi connectivity index (χ2v) is 4.23. The van der Waals surface area contributed by atoms with E-state index >= 15 is 0 Å². The van der Waals surface area contributed by atoms with Crippen LogP contribution in [-0.2, 0) is 6.54 Å². The fourth-order valence-electron chi connectivity index (χ4n) is 1.61. The average Bonchev–Trinajstić information content (AvgIpc) is 3.02. The molecule has 1 aliphatic carbocycles. The van der Waals surface area contributed by atoms with Gasteiger partial charge in [0.15, 0.2) is 0 Å². The molecule has 1 saturated carbocycles. The maximum absolute atomic E-state index is 12.1. The Labute approximate surface area is 97.8 Å². The molecule has 0 amide bonds. The van der Waals surface area contributed by atoms with E-state index in [0.29, 0.717) is 18.0 Å². The lowest BCUT2D eigenvalue weighted by molar-refractivity contribution is -0.274. The van der Waals surface area contributed by atoms with E-state index in [-0.39, 0.29) is 5.75 Å². The van der Waals surface area contributed by atoms with Crippen molar-refractivity contribution in [2.75, 3.05) is 6.54 Å². The van der Waals surface area contributed by atoms with Crippen LogP contribution in [0.15, 0.2) is 24.3 Å². The van der Waals surface area contributed by atoms with Gasteiger partial charge in [-0.25, -0.2) is 0 Å². The summed E-state index contributed by atoms with van der Waals surface area (Å²) in [7, 11) is 0. The first kappa shape index (κ1) is 12.2. The van der Waals surface area contributed by atoms with Crippen LogP contribution in [0.5, 0.6) is 5.75 Å². The van der Waals surface area contributed by atoms with Gasteiger partial charge in [-0.2, -0.15) is 0 Å². The Morgan fingerprint density at radius 3 is 2.59 bits per heavy atom. The third-order valence-electron chi connectivity index (χ3n) is 2.64. The average molecular weight is 245 g/mol. The second kappa shape index (κ2) is 4.96. The molecule has 0 saturated heterocycles. The molecule has 0 heterocycles. The molecule has 1 aliphatic rings. The highest BCUT2D eigenvalue weighted by Crippen LogP contribution is 2.29. The number of ether oxygens (including phenoxy) is 1. The molecule has 94 valence electrons. The van der Waals surface area contributed by atoms with Gasteiger partial charge in [0.2, 0.25) is 0 Å². The molecule has 1 aromatic carbocycles. The van der Waals surface area contributed by atoms with Crippen molar-refractivity contribution in [3.8, 4) is 5.75 Å². The fourth-order valence-corrected chi connectivity index (χ4v) is 1.61. The molecule has 2 nitrogen and oxygen atoms in total. The molecule has 0 aromatic heterocycles. The zero-order valence-electron chi connectivity index (χ0n) is 9.26. The summed E-state index contributed by atoms with van der Waals surface area (Å²) in [6.07, 6.45) is -2.20. The van der Waals surface area contributed by atoms with E-state index in [1.54, 1.807) is 12.1 Å². The lowest BCUT2D eigenvalue weighted by atomic mass is 10.2. The van der Waals surface area contributed by atoms with E-state index < -0.39 is 6.36 Å². The minimum atomic E-state index is -4.63. The van der Waals surface area contributed by atoms with Gasteiger partial charge in [-0.15, -0.1) is 13.2 Å². The molecule has 17 heavy (non-hydrogen) atoms. The van der Waals surface area contributed by atoms with Crippen LogP contribution in [0, 0.1) is 5.92 Å². The Kier molecular flexibility index (Phi) is 3.57. The molecule has 2 rings (SSSR count). The maximum Gasteiger partial charge on any atom is 0.573 e. The molecule has 1 aromatic rings. The summed E-state index contributed by atoms with van der Waals surface area (Å²) in [5.41, 5.74) is 0.533. The van der Waals surface area contributed by atoms with E-state index in [9.17, 15) is 13.2 Å². The van der Waals surface area contributed by atoms with Gasteiger partial charge in [-0.05, 0) is 31.4 Å². The van der Waals surface area contributed by atoms with Crippen LogP contribution in [0.2, 0.25) is 0 Å². The van der Waals surface area contributed by atoms with Crippen molar-refractivity contribution < 1.29 is 17.9 Å². The number of halogens is 3. The van der Waals surface area contributed by atoms with E-state index in [2.05, 4.69) is 10.1 Å². The standard InChI is InChI=1S/C12H14F3NO/c13-12(14,15)17-11-4-2-1-3-10(11)8-16-7-9-5-6-9/h1-4,9,16H,5-8H2. The Bertz CT molecular complexity index is 374. The summed E-state index contributed by atoms with van der Waals surface area (Å²) < 4.78 is 40.4. The zero-order valence-corrected chi connectivity index (χ0v) is 9.26. The number of hydrogen-bond acceptors (Lipinski definition) is 2. The van der Waals surface area contributed by atoms with E-state index in [1.807, 2.05) is 0 Å². The monoisotopic (exact) mass is 245 g/mol. The lowest BCUT2D eigenvalue weighted by Gasteiger charge is -2.13. The van der Waals surface area contributed by atoms with Gasteiger partial charge in [0.1, 0.15) is 5.75 Å². The highest BCUT2D eigenvalue weighted by Gasteiger charge is 2.31. The SMILES string of the molecule is FC(F)(F)Oc1ccccc1CNCC1CC1. The minimum Gasteiger partial charge on any atom is -0.405 e. The van der Waals surface area contributed by atoms with E-state index in [1.165, 1.54) is 25.0 Å². The largest absolute Gasteiger partial charge is 0.573 e. The summed E-state index contributed by atoms with van der Waals surface area (Å²) in [5.74, 6) is 0.578. The van der Waals surface area contributed by atoms with Crippen molar-refractivity contribution in [2.45, 2.75) is 25.7 Å². The summed E-state index contributed by atoms with van der Waals surface area (Å²) >= 11 is 0. The summed E-state index contributed by atoms with van der Waals surface area (Å²) in [6, 6.07) is 6.21. The Balaban J connectivity index is 1.94. The smallest absolute Gasteiger partial charge is 0.405 e. The topological polar surface area (TPSA) is 21.3 Å². The minimum absolute atomic E-state index is 0.122. The predicted molar refractivity (Wildman–Crippen MR) is 57.6 cm³/mol. The van der Waals surface area contributed by atoms with Crippen molar-refractivity contribution in [1.82, 2.24) is 5.32 Å².